The Kier molecular flexibility index (Phi) is 4.59. The van der Waals surface area contributed by atoms with Crippen molar-refractivity contribution in [3.8, 4) is 0 Å². The van der Waals surface area contributed by atoms with Gasteiger partial charge in [0.1, 0.15) is 18.0 Å². The molecule has 25 heavy (non-hydrogen) atoms. The molecule has 2 aromatic heterocycles. The van der Waals surface area contributed by atoms with E-state index in [1.165, 1.54) is 17.1 Å². The molecule has 0 amide bonds. The number of aromatic nitrogens is 3. The molecule has 1 aliphatic heterocycles. The van der Waals surface area contributed by atoms with Crippen LogP contribution < -0.4 is 4.90 Å². The smallest absolute Gasteiger partial charge is 0.140 e. The summed E-state index contributed by atoms with van der Waals surface area (Å²) in [4.78, 5) is 17.9. The van der Waals surface area contributed by atoms with E-state index in [-0.39, 0.29) is 5.82 Å². The summed E-state index contributed by atoms with van der Waals surface area (Å²) in [5, 5.41) is 4.14. The van der Waals surface area contributed by atoms with Crippen molar-refractivity contribution < 1.29 is 4.39 Å². The van der Waals surface area contributed by atoms with E-state index in [0.29, 0.717) is 0 Å². The summed E-state index contributed by atoms with van der Waals surface area (Å²) >= 11 is 1.74. The first kappa shape index (κ1) is 16.4. The molecule has 0 bridgehead atoms. The standard InChI is InChI=1S/C18H20FN5S/c1-2-17-22-14(11-25-17)10-23-5-7-24(8-6-23)18-15-9-13(19)3-4-16(15)20-12-21-18/h3-4,9,11-12H,2,5-8,10H2,1H3. The number of piperazine rings is 1. The summed E-state index contributed by atoms with van der Waals surface area (Å²) in [5.41, 5.74) is 1.94. The highest BCUT2D eigenvalue weighted by atomic mass is 32.1. The third-order valence-corrected chi connectivity index (χ3v) is 5.58. The molecule has 0 radical (unpaired) electrons. The van der Waals surface area contributed by atoms with Crippen LogP contribution in [0.2, 0.25) is 0 Å². The molecular weight excluding hydrogens is 337 g/mol. The van der Waals surface area contributed by atoms with Crippen molar-refractivity contribution in [2.24, 2.45) is 0 Å². The van der Waals surface area contributed by atoms with Crippen LogP contribution >= 0.6 is 11.3 Å². The third kappa shape index (κ3) is 3.48. The van der Waals surface area contributed by atoms with Crippen LogP contribution in [-0.2, 0) is 13.0 Å². The summed E-state index contributed by atoms with van der Waals surface area (Å²) in [6, 6.07) is 4.67. The van der Waals surface area contributed by atoms with Gasteiger partial charge in [-0.25, -0.2) is 19.3 Å². The molecular formula is C18H20FN5S. The summed E-state index contributed by atoms with van der Waals surface area (Å²) < 4.78 is 13.6. The zero-order chi connectivity index (χ0) is 17.2. The molecule has 0 aliphatic carbocycles. The second-order valence-electron chi connectivity index (χ2n) is 6.21. The molecule has 0 spiro atoms. The van der Waals surface area contributed by atoms with E-state index in [1.54, 1.807) is 23.7 Å². The summed E-state index contributed by atoms with van der Waals surface area (Å²) in [6.45, 7) is 6.65. The first-order valence-electron chi connectivity index (χ1n) is 8.54. The van der Waals surface area contributed by atoms with Crippen LogP contribution in [0, 0.1) is 5.82 Å². The summed E-state index contributed by atoms with van der Waals surface area (Å²) in [6.07, 6.45) is 2.55. The molecule has 3 aromatic rings. The van der Waals surface area contributed by atoms with Gasteiger partial charge in [0.25, 0.3) is 0 Å². The van der Waals surface area contributed by atoms with Crippen LogP contribution in [0.4, 0.5) is 10.2 Å². The number of halogens is 1. The Morgan fingerprint density at radius 3 is 2.76 bits per heavy atom. The van der Waals surface area contributed by atoms with Crippen molar-refractivity contribution in [1.82, 2.24) is 19.9 Å². The Morgan fingerprint density at radius 1 is 1.16 bits per heavy atom. The number of anilines is 1. The van der Waals surface area contributed by atoms with Gasteiger partial charge in [-0.05, 0) is 24.6 Å². The molecule has 1 saturated heterocycles. The van der Waals surface area contributed by atoms with Gasteiger partial charge in [-0.3, -0.25) is 4.90 Å². The van der Waals surface area contributed by atoms with Gasteiger partial charge in [-0.1, -0.05) is 6.92 Å². The van der Waals surface area contributed by atoms with Crippen LogP contribution in [0.5, 0.6) is 0 Å². The van der Waals surface area contributed by atoms with E-state index in [2.05, 4.69) is 37.1 Å². The lowest BCUT2D eigenvalue weighted by Crippen LogP contribution is -2.46. The van der Waals surface area contributed by atoms with Crippen molar-refractivity contribution in [2.45, 2.75) is 19.9 Å². The Hall–Kier alpha value is -2.12. The lowest BCUT2D eigenvalue weighted by atomic mass is 10.2. The van der Waals surface area contributed by atoms with E-state index >= 15 is 0 Å². The molecule has 5 nitrogen and oxygen atoms in total. The number of aryl methyl sites for hydroxylation is 1. The van der Waals surface area contributed by atoms with Gasteiger partial charge in [-0.2, -0.15) is 0 Å². The average Bonchev–Trinajstić information content (AvgIpc) is 3.09. The minimum atomic E-state index is -0.252. The van der Waals surface area contributed by atoms with Gasteiger partial charge in [-0.15, -0.1) is 11.3 Å². The highest BCUT2D eigenvalue weighted by molar-refractivity contribution is 7.09. The van der Waals surface area contributed by atoms with E-state index in [1.807, 2.05) is 0 Å². The number of hydrogen-bond donors (Lipinski definition) is 0. The molecule has 0 saturated carbocycles. The molecule has 7 heteroatoms. The Bertz CT molecular complexity index is 873. The maximum atomic E-state index is 13.6. The largest absolute Gasteiger partial charge is 0.353 e. The van der Waals surface area contributed by atoms with Crippen LogP contribution in [0.25, 0.3) is 10.9 Å². The topological polar surface area (TPSA) is 45.2 Å². The van der Waals surface area contributed by atoms with Crippen molar-refractivity contribution in [1.29, 1.82) is 0 Å². The highest BCUT2D eigenvalue weighted by Gasteiger charge is 2.20. The average molecular weight is 357 g/mol. The fourth-order valence-electron chi connectivity index (χ4n) is 3.20. The van der Waals surface area contributed by atoms with Crippen LogP contribution in [0.3, 0.4) is 0 Å². The predicted molar refractivity (Wildman–Crippen MR) is 98.5 cm³/mol. The van der Waals surface area contributed by atoms with Crippen LogP contribution in [-0.4, -0.2) is 46.0 Å². The van der Waals surface area contributed by atoms with Gasteiger partial charge >= 0.3 is 0 Å². The number of fused-ring (bicyclic) bond motifs is 1. The van der Waals surface area contributed by atoms with E-state index in [9.17, 15) is 4.39 Å². The molecule has 1 aliphatic rings. The number of rotatable bonds is 4. The predicted octanol–water partition coefficient (Wildman–Crippen LogP) is 3.11. The minimum Gasteiger partial charge on any atom is -0.353 e. The number of thiazole rings is 1. The van der Waals surface area contributed by atoms with Crippen molar-refractivity contribution in [2.75, 3.05) is 31.1 Å². The van der Waals surface area contributed by atoms with Gasteiger partial charge < -0.3 is 4.90 Å². The lowest BCUT2D eigenvalue weighted by molar-refractivity contribution is 0.247. The summed E-state index contributed by atoms with van der Waals surface area (Å²) in [7, 11) is 0. The van der Waals surface area contributed by atoms with Crippen molar-refractivity contribution >= 4 is 28.1 Å². The molecule has 1 aromatic carbocycles. The fraction of sp³-hybridized carbons (Fsp3) is 0.389. The second-order valence-corrected chi connectivity index (χ2v) is 7.15. The molecule has 130 valence electrons. The third-order valence-electron chi connectivity index (χ3n) is 4.54. The lowest BCUT2D eigenvalue weighted by Gasteiger charge is -2.35. The number of benzene rings is 1. The molecule has 1 fully saturated rings. The summed E-state index contributed by atoms with van der Waals surface area (Å²) in [5.74, 6) is 0.573. The normalized spacial score (nSPS) is 15.8. The molecule has 4 rings (SSSR count). The maximum absolute atomic E-state index is 13.6. The Morgan fingerprint density at radius 2 is 2.00 bits per heavy atom. The van der Waals surface area contributed by atoms with Gasteiger partial charge in [0.15, 0.2) is 0 Å². The monoisotopic (exact) mass is 357 g/mol. The zero-order valence-electron chi connectivity index (χ0n) is 14.2. The quantitative estimate of drug-likeness (QED) is 0.718. The van der Waals surface area contributed by atoms with E-state index in [0.717, 1.165) is 61.6 Å². The minimum absolute atomic E-state index is 0.252. The van der Waals surface area contributed by atoms with Crippen LogP contribution in [0.15, 0.2) is 29.9 Å². The molecule has 0 atom stereocenters. The highest BCUT2D eigenvalue weighted by Crippen LogP contribution is 2.25. The first-order valence-corrected chi connectivity index (χ1v) is 9.41. The molecule has 0 unspecified atom stereocenters. The zero-order valence-corrected chi connectivity index (χ0v) is 15.0. The number of hydrogen-bond acceptors (Lipinski definition) is 6. The Labute approximate surface area is 150 Å². The molecule has 0 N–H and O–H groups in total. The number of nitrogens with zero attached hydrogens (tertiary/aromatic N) is 5. The van der Waals surface area contributed by atoms with Gasteiger partial charge in [0.05, 0.1) is 16.2 Å². The van der Waals surface area contributed by atoms with Crippen LogP contribution in [0.1, 0.15) is 17.6 Å². The second kappa shape index (κ2) is 7.01. The van der Waals surface area contributed by atoms with E-state index in [4.69, 9.17) is 0 Å². The van der Waals surface area contributed by atoms with Gasteiger partial charge in [0, 0.05) is 43.5 Å². The fourth-order valence-corrected chi connectivity index (χ4v) is 3.93. The SMILES string of the molecule is CCc1nc(CN2CCN(c3ncnc4ccc(F)cc34)CC2)cs1. The van der Waals surface area contributed by atoms with E-state index < -0.39 is 0 Å². The van der Waals surface area contributed by atoms with Crippen molar-refractivity contribution in [3.05, 3.63) is 46.4 Å². The van der Waals surface area contributed by atoms with Crippen molar-refractivity contribution in [3.63, 3.8) is 0 Å². The first-order chi connectivity index (χ1) is 12.2. The Balaban J connectivity index is 1.46. The van der Waals surface area contributed by atoms with Gasteiger partial charge in [0.2, 0.25) is 0 Å². The molecule has 3 heterocycles. The maximum Gasteiger partial charge on any atom is 0.140 e.